The lowest BCUT2D eigenvalue weighted by molar-refractivity contribution is -0.127. The highest BCUT2D eigenvalue weighted by Crippen LogP contribution is 2.08. The predicted octanol–water partition coefficient (Wildman–Crippen LogP) is 1.29. The van der Waals surface area contributed by atoms with Gasteiger partial charge in [0.05, 0.1) is 6.10 Å². The molecule has 0 bridgehead atoms. The van der Waals surface area contributed by atoms with Gasteiger partial charge in [0.15, 0.2) is 0 Å². The molecule has 0 aromatic heterocycles. The summed E-state index contributed by atoms with van der Waals surface area (Å²) >= 11 is 0. The monoisotopic (exact) mass is 230 g/mol. The maximum atomic E-state index is 11.4. The van der Waals surface area contributed by atoms with Crippen LogP contribution in [0, 0.1) is 5.92 Å². The van der Waals surface area contributed by atoms with E-state index in [2.05, 4.69) is 12.2 Å². The summed E-state index contributed by atoms with van der Waals surface area (Å²) in [4.78, 5) is 11.4. The summed E-state index contributed by atoms with van der Waals surface area (Å²) in [6, 6.07) is 0. The van der Waals surface area contributed by atoms with Gasteiger partial charge in [0.2, 0.25) is 5.91 Å². The van der Waals surface area contributed by atoms with Gasteiger partial charge in [-0.2, -0.15) is 0 Å². The van der Waals surface area contributed by atoms with E-state index < -0.39 is 0 Å². The molecule has 4 nitrogen and oxygen atoms in total. The highest BCUT2D eigenvalue weighted by atomic mass is 16.5. The molecule has 1 unspecified atom stereocenters. The quantitative estimate of drug-likeness (QED) is 0.627. The number of carbonyl (C=O) groups excluding carboxylic acids is 1. The molecule has 0 aliphatic carbocycles. The van der Waals surface area contributed by atoms with E-state index in [4.69, 9.17) is 10.5 Å². The van der Waals surface area contributed by atoms with E-state index in [9.17, 15) is 4.79 Å². The Bertz CT molecular complexity index is 178. The fourth-order valence-corrected chi connectivity index (χ4v) is 1.54. The first-order valence-electron chi connectivity index (χ1n) is 6.18. The summed E-state index contributed by atoms with van der Waals surface area (Å²) in [6.07, 6.45) is 3.31. The zero-order valence-corrected chi connectivity index (χ0v) is 10.8. The molecule has 0 saturated heterocycles. The van der Waals surface area contributed by atoms with E-state index in [0.717, 1.165) is 19.3 Å². The van der Waals surface area contributed by atoms with Crippen LogP contribution < -0.4 is 11.1 Å². The molecular formula is C12H26N2O2. The van der Waals surface area contributed by atoms with Crippen molar-refractivity contribution in [3.8, 4) is 0 Å². The summed E-state index contributed by atoms with van der Waals surface area (Å²) in [6.45, 7) is 7.53. The third-order valence-electron chi connectivity index (χ3n) is 2.41. The summed E-state index contributed by atoms with van der Waals surface area (Å²) in [7, 11) is 0. The first-order chi connectivity index (χ1) is 7.60. The van der Waals surface area contributed by atoms with Gasteiger partial charge in [-0.1, -0.05) is 13.3 Å². The first-order valence-corrected chi connectivity index (χ1v) is 6.18. The maximum Gasteiger partial charge on any atom is 0.246 e. The molecule has 4 heteroatoms. The Morgan fingerprint density at radius 1 is 1.38 bits per heavy atom. The lowest BCUT2D eigenvalue weighted by Crippen LogP contribution is -2.33. The van der Waals surface area contributed by atoms with Gasteiger partial charge in [-0.3, -0.25) is 4.79 Å². The van der Waals surface area contributed by atoms with Crippen molar-refractivity contribution < 1.29 is 9.53 Å². The van der Waals surface area contributed by atoms with Crippen molar-refractivity contribution in [2.75, 3.05) is 19.7 Å². The van der Waals surface area contributed by atoms with Gasteiger partial charge in [-0.25, -0.2) is 0 Å². The number of hydrogen-bond acceptors (Lipinski definition) is 3. The molecule has 0 aliphatic rings. The van der Waals surface area contributed by atoms with Crippen molar-refractivity contribution in [3.05, 3.63) is 0 Å². The second kappa shape index (κ2) is 9.60. The minimum absolute atomic E-state index is 0.0353. The van der Waals surface area contributed by atoms with Crippen molar-refractivity contribution in [2.45, 2.75) is 46.1 Å². The van der Waals surface area contributed by atoms with Gasteiger partial charge >= 0.3 is 0 Å². The Kier molecular flexibility index (Phi) is 9.24. The molecule has 1 amide bonds. The van der Waals surface area contributed by atoms with Crippen LogP contribution in [0.5, 0.6) is 0 Å². The van der Waals surface area contributed by atoms with Gasteiger partial charge in [0, 0.05) is 6.54 Å². The molecular weight excluding hydrogens is 204 g/mol. The van der Waals surface area contributed by atoms with Crippen LogP contribution in [0.3, 0.4) is 0 Å². The van der Waals surface area contributed by atoms with Crippen molar-refractivity contribution in [2.24, 2.45) is 11.7 Å². The van der Waals surface area contributed by atoms with E-state index in [0.29, 0.717) is 19.0 Å². The minimum atomic E-state index is -0.0353. The number of amides is 1. The minimum Gasteiger partial charge on any atom is -0.369 e. The number of nitrogens with two attached hydrogens (primary N) is 1. The molecule has 0 fully saturated rings. The third kappa shape index (κ3) is 8.68. The highest BCUT2D eigenvalue weighted by molar-refractivity contribution is 5.77. The van der Waals surface area contributed by atoms with E-state index in [1.807, 2.05) is 13.8 Å². The van der Waals surface area contributed by atoms with Crippen LogP contribution in [-0.4, -0.2) is 31.7 Å². The zero-order chi connectivity index (χ0) is 12.4. The number of ether oxygens (including phenoxy) is 1. The van der Waals surface area contributed by atoms with Crippen LogP contribution in [0.1, 0.15) is 40.0 Å². The van der Waals surface area contributed by atoms with Crippen molar-refractivity contribution in [1.82, 2.24) is 5.32 Å². The smallest absolute Gasteiger partial charge is 0.246 e. The van der Waals surface area contributed by atoms with E-state index in [1.165, 1.54) is 0 Å². The van der Waals surface area contributed by atoms with E-state index in [-0.39, 0.29) is 18.6 Å². The van der Waals surface area contributed by atoms with Crippen LogP contribution in [0.2, 0.25) is 0 Å². The number of hydrogen-bond donors (Lipinski definition) is 2. The van der Waals surface area contributed by atoms with Crippen molar-refractivity contribution in [1.29, 1.82) is 0 Å². The van der Waals surface area contributed by atoms with Gasteiger partial charge < -0.3 is 15.8 Å². The van der Waals surface area contributed by atoms with Crippen LogP contribution in [0.4, 0.5) is 0 Å². The summed E-state index contributed by atoms with van der Waals surface area (Å²) in [5.74, 6) is 0.463. The Morgan fingerprint density at radius 3 is 2.56 bits per heavy atom. The van der Waals surface area contributed by atoms with Crippen molar-refractivity contribution >= 4 is 5.91 Å². The van der Waals surface area contributed by atoms with Crippen LogP contribution in [0.15, 0.2) is 0 Å². The van der Waals surface area contributed by atoms with Gasteiger partial charge in [0.25, 0.3) is 0 Å². The van der Waals surface area contributed by atoms with Crippen LogP contribution >= 0.6 is 0 Å². The molecule has 3 N–H and O–H groups in total. The molecule has 0 saturated carbocycles. The van der Waals surface area contributed by atoms with Crippen LogP contribution in [-0.2, 0) is 9.53 Å². The molecule has 0 radical (unpaired) electrons. The molecule has 16 heavy (non-hydrogen) atoms. The average molecular weight is 230 g/mol. The van der Waals surface area contributed by atoms with E-state index >= 15 is 0 Å². The first kappa shape index (κ1) is 15.4. The van der Waals surface area contributed by atoms with Gasteiger partial charge in [0.1, 0.15) is 6.61 Å². The molecule has 1 atom stereocenters. The summed E-state index contributed by atoms with van der Waals surface area (Å²) in [5, 5.41) is 2.89. The topological polar surface area (TPSA) is 64.3 Å². The maximum absolute atomic E-state index is 11.4. The lowest BCUT2D eigenvalue weighted by atomic mass is 10.00. The Morgan fingerprint density at radius 2 is 2.06 bits per heavy atom. The Labute approximate surface area is 98.9 Å². The second-order valence-corrected chi connectivity index (χ2v) is 4.40. The zero-order valence-electron chi connectivity index (χ0n) is 10.8. The van der Waals surface area contributed by atoms with Crippen LogP contribution in [0.25, 0.3) is 0 Å². The largest absolute Gasteiger partial charge is 0.369 e. The van der Waals surface area contributed by atoms with Gasteiger partial charge in [-0.05, 0) is 39.2 Å². The van der Waals surface area contributed by atoms with E-state index in [1.54, 1.807) is 0 Å². The Balaban J connectivity index is 3.68. The fraction of sp³-hybridized carbons (Fsp3) is 0.917. The predicted molar refractivity (Wildman–Crippen MR) is 66.2 cm³/mol. The average Bonchev–Trinajstić information content (AvgIpc) is 2.23. The molecule has 0 spiro atoms. The molecule has 0 aromatic carbocycles. The Hall–Kier alpha value is -0.610. The number of carbonyl (C=O) groups is 1. The number of nitrogens with one attached hydrogen (secondary N) is 1. The SMILES string of the molecule is CCCC(CCN)CNC(=O)COC(C)C. The second-order valence-electron chi connectivity index (χ2n) is 4.40. The molecule has 0 rings (SSSR count). The molecule has 0 aliphatic heterocycles. The molecule has 0 aromatic rings. The highest BCUT2D eigenvalue weighted by Gasteiger charge is 2.09. The number of rotatable bonds is 9. The summed E-state index contributed by atoms with van der Waals surface area (Å²) < 4.78 is 5.22. The summed E-state index contributed by atoms with van der Waals surface area (Å²) in [5.41, 5.74) is 5.53. The normalized spacial score (nSPS) is 12.8. The standard InChI is InChI=1S/C12H26N2O2/c1-4-5-11(6-7-13)8-14-12(15)9-16-10(2)3/h10-11H,4-9,13H2,1-3H3,(H,14,15). The van der Waals surface area contributed by atoms with Gasteiger partial charge in [-0.15, -0.1) is 0 Å². The third-order valence-corrected chi connectivity index (χ3v) is 2.41. The molecule has 96 valence electrons. The molecule has 0 heterocycles. The fourth-order valence-electron chi connectivity index (χ4n) is 1.54. The lowest BCUT2D eigenvalue weighted by Gasteiger charge is -2.16. The van der Waals surface area contributed by atoms with Crippen molar-refractivity contribution in [3.63, 3.8) is 0 Å².